The maximum Gasteiger partial charge on any atom is 0.299 e. The number of aryl methyl sites for hydroxylation is 2. The van der Waals surface area contributed by atoms with Crippen molar-refractivity contribution in [2.24, 2.45) is 4.99 Å². The summed E-state index contributed by atoms with van der Waals surface area (Å²) in [5.41, 5.74) is 3.72. The molecule has 0 saturated carbocycles. The molecule has 0 radical (unpaired) electrons. The number of carbonyl (C=O) groups excluding carboxylic acids is 1. The highest BCUT2D eigenvalue weighted by Crippen LogP contribution is 2.22. The molecule has 1 amide bonds. The molecule has 0 aliphatic carbocycles. The van der Waals surface area contributed by atoms with Crippen LogP contribution in [0.5, 0.6) is 0 Å². The average Bonchev–Trinajstić information content (AvgIpc) is 2.86. The van der Waals surface area contributed by atoms with Crippen molar-refractivity contribution in [3.8, 4) is 0 Å². The molecule has 3 aromatic rings. The van der Waals surface area contributed by atoms with E-state index >= 15 is 0 Å². The number of rotatable bonds is 3. The molecule has 0 aliphatic rings. The van der Waals surface area contributed by atoms with E-state index in [9.17, 15) is 4.79 Å². The minimum atomic E-state index is -0.393. The molecule has 0 bridgehead atoms. The van der Waals surface area contributed by atoms with E-state index in [-0.39, 0.29) is 5.69 Å². The normalized spacial score (nSPS) is 11.8. The van der Waals surface area contributed by atoms with E-state index < -0.39 is 5.91 Å². The van der Waals surface area contributed by atoms with Crippen LogP contribution >= 0.6 is 11.3 Å². The number of allylic oxidation sites excluding steroid dienone is 1. The fourth-order valence-electron chi connectivity index (χ4n) is 2.27. The molecule has 23 heavy (non-hydrogen) atoms. The zero-order valence-electron chi connectivity index (χ0n) is 13.0. The molecular formula is C17H16N4OS. The summed E-state index contributed by atoms with van der Waals surface area (Å²) in [4.78, 5) is 25.1. The van der Waals surface area contributed by atoms with Gasteiger partial charge < -0.3 is 4.57 Å². The third kappa shape index (κ3) is 2.98. The molecular weight excluding hydrogens is 308 g/mol. The predicted octanol–water partition coefficient (Wildman–Crippen LogP) is 3.04. The monoisotopic (exact) mass is 324 g/mol. The van der Waals surface area contributed by atoms with Gasteiger partial charge in [-0.3, -0.25) is 9.78 Å². The van der Waals surface area contributed by atoms with Crippen LogP contribution in [0.1, 0.15) is 21.6 Å². The van der Waals surface area contributed by atoms with E-state index in [2.05, 4.69) is 47.5 Å². The van der Waals surface area contributed by atoms with Crippen LogP contribution in [0.25, 0.3) is 10.2 Å². The Morgan fingerprint density at radius 2 is 2.13 bits per heavy atom. The van der Waals surface area contributed by atoms with E-state index in [1.807, 2.05) is 4.57 Å². The summed E-state index contributed by atoms with van der Waals surface area (Å²) < 4.78 is 3.09. The molecule has 2 aromatic heterocycles. The van der Waals surface area contributed by atoms with Crippen molar-refractivity contribution in [1.29, 1.82) is 0 Å². The molecule has 0 N–H and O–H groups in total. The van der Waals surface area contributed by atoms with Crippen LogP contribution in [0.4, 0.5) is 0 Å². The number of nitrogens with zero attached hydrogens (tertiary/aromatic N) is 4. The summed E-state index contributed by atoms with van der Waals surface area (Å²) in [6.07, 6.45) is 6.23. The molecule has 0 atom stereocenters. The topological polar surface area (TPSA) is 60.1 Å². The Hall–Kier alpha value is -2.60. The second-order valence-electron chi connectivity index (χ2n) is 5.20. The molecule has 0 spiro atoms. The highest BCUT2D eigenvalue weighted by molar-refractivity contribution is 7.16. The lowest BCUT2D eigenvalue weighted by molar-refractivity contribution is 0.0993. The molecule has 2 heterocycles. The third-order valence-corrected chi connectivity index (χ3v) is 4.63. The highest BCUT2D eigenvalue weighted by atomic mass is 32.1. The minimum Gasteiger partial charge on any atom is -0.312 e. The zero-order chi connectivity index (χ0) is 16.4. The maximum absolute atomic E-state index is 12.3. The second-order valence-corrected chi connectivity index (χ2v) is 6.20. The molecule has 0 aliphatic heterocycles. The van der Waals surface area contributed by atoms with Gasteiger partial charge in [-0.2, -0.15) is 4.99 Å². The van der Waals surface area contributed by atoms with Crippen molar-refractivity contribution >= 4 is 27.5 Å². The van der Waals surface area contributed by atoms with E-state index in [1.54, 1.807) is 6.08 Å². The Balaban J connectivity index is 2.20. The fraction of sp³-hybridized carbons (Fsp3) is 0.176. The van der Waals surface area contributed by atoms with Crippen LogP contribution < -0.4 is 4.80 Å². The van der Waals surface area contributed by atoms with Gasteiger partial charge in [0.15, 0.2) is 4.80 Å². The van der Waals surface area contributed by atoms with Crippen LogP contribution in [0, 0.1) is 13.8 Å². The number of hydrogen-bond acceptors (Lipinski definition) is 4. The summed E-state index contributed by atoms with van der Waals surface area (Å²) in [5.74, 6) is -0.393. The van der Waals surface area contributed by atoms with Crippen molar-refractivity contribution in [2.75, 3.05) is 0 Å². The van der Waals surface area contributed by atoms with Crippen molar-refractivity contribution in [2.45, 2.75) is 20.4 Å². The first-order valence-electron chi connectivity index (χ1n) is 7.16. The summed E-state index contributed by atoms with van der Waals surface area (Å²) >= 11 is 1.49. The Kier molecular flexibility index (Phi) is 4.16. The maximum atomic E-state index is 12.3. The first kappa shape index (κ1) is 15.3. The van der Waals surface area contributed by atoms with Gasteiger partial charge in [-0.1, -0.05) is 17.4 Å². The predicted molar refractivity (Wildman–Crippen MR) is 91.4 cm³/mol. The number of fused-ring (bicyclic) bond motifs is 1. The van der Waals surface area contributed by atoms with Crippen LogP contribution in [0.15, 0.2) is 48.4 Å². The molecule has 0 saturated heterocycles. The van der Waals surface area contributed by atoms with Crippen molar-refractivity contribution < 1.29 is 4.79 Å². The number of amides is 1. The van der Waals surface area contributed by atoms with Crippen LogP contribution in [0.3, 0.4) is 0 Å². The van der Waals surface area contributed by atoms with Gasteiger partial charge in [0.05, 0.1) is 16.4 Å². The van der Waals surface area contributed by atoms with Crippen molar-refractivity contribution in [3.05, 3.63) is 65.0 Å². The van der Waals surface area contributed by atoms with Gasteiger partial charge in [0, 0.05) is 18.9 Å². The summed E-state index contributed by atoms with van der Waals surface area (Å²) in [6, 6.07) is 4.25. The number of hydrogen-bond donors (Lipinski definition) is 0. The number of carbonyl (C=O) groups is 1. The van der Waals surface area contributed by atoms with E-state index in [0.29, 0.717) is 11.3 Å². The van der Waals surface area contributed by atoms with Gasteiger partial charge in [0.25, 0.3) is 5.91 Å². The van der Waals surface area contributed by atoms with Gasteiger partial charge in [-0.25, -0.2) is 4.98 Å². The lowest BCUT2D eigenvalue weighted by Gasteiger charge is -2.03. The van der Waals surface area contributed by atoms with E-state index in [4.69, 9.17) is 0 Å². The minimum absolute atomic E-state index is 0.238. The van der Waals surface area contributed by atoms with Gasteiger partial charge in [-0.15, -0.1) is 6.58 Å². The van der Waals surface area contributed by atoms with Crippen LogP contribution in [-0.2, 0) is 6.54 Å². The largest absolute Gasteiger partial charge is 0.312 e. The Morgan fingerprint density at radius 1 is 1.35 bits per heavy atom. The summed E-state index contributed by atoms with van der Waals surface area (Å²) in [5, 5.41) is 0. The van der Waals surface area contributed by atoms with Crippen molar-refractivity contribution in [1.82, 2.24) is 14.5 Å². The number of aromatic nitrogens is 3. The zero-order valence-corrected chi connectivity index (χ0v) is 13.8. The second kappa shape index (κ2) is 6.26. The van der Waals surface area contributed by atoms with E-state index in [1.165, 1.54) is 41.1 Å². The van der Waals surface area contributed by atoms with Gasteiger partial charge in [-0.05, 0) is 37.1 Å². The molecule has 0 unspecified atom stereocenters. The lowest BCUT2D eigenvalue weighted by Crippen LogP contribution is -2.16. The van der Waals surface area contributed by atoms with Gasteiger partial charge in [0.1, 0.15) is 5.69 Å². The average molecular weight is 324 g/mol. The van der Waals surface area contributed by atoms with Crippen molar-refractivity contribution in [3.63, 3.8) is 0 Å². The van der Waals surface area contributed by atoms with Gasteiger partial charge in [0.2, 0.25) is 0 Å². The lowest BCUT2D eigenvalue weighted by atomic mass is 10.1. The highest BCUT2D eigenvalue weighted by Gasteiger charge is 2.10. The van der Waals surface area contributed by atoms with Gasteiger partial charge >= 0.3 is 0 Å². The van der Waals surface area contributed by atoms with E-state index in [0.717, 1.165) is 10.2 Å². The molecule has 116 valence electrons. The smallest absolute Gasteiger partial charge is 0.299 e. The first-order chi connectivity index (χ1) is 11.1. The number of benzene rings is 1. The summed E-state index contributed by atoms with van der Waals surface area (Å²) in [7, 11) is 0. The number of thiazole rings is 1. The fourth-order valence-corrected chi connectivity index (χ4v) is 3.38. The first-order valence-corrected chi connectivity index (χ1v) is 7.98. The molecule has 0 fully saturated rings. The van der Waals surface area contributed by atoms with Crippen LogP contribution in [-0.4, -0.2) is 20.4 Å². The third-order valence-electron chi connectivity index (χ3n) is 3.59. The standard InChI is InChI=1S/C17H16N4OS/c1-4-7-21-14-8-11(2)12(3)9-15(14)23-17(21)20-16(22)13-10-18-5-6-19-13/h4-6,8-10H,1,7H2,2-3H3. The molecule has 3 rings (SSSR count). The Morgan fingerprint density at radius 3 is 2.83 bits per heavy atom. The Bertz CT molecular complexity index is 954. The molecule has 6 heteroatoms. The SMILES string of the molecule is C=CCn1c(=NC(=O)c2cnccn2)sc2cc(C)c(C)cc21. The van der Waals surface area contributed by atoms with Crippen LogP contribution in [0.2, 0.25) is 0 Å². The Labute approximate surface area is 137 Å². The molecule has 5 nitrogen and oxygen atoms in total. The summed E-state index contributed by atoms with van der Waals surface area (Å²) in [6.45, 7) is 8.54. The molecule has 1 aromatic carbocycles. The quantitative estimate of drug-likeness (QED) is 0.696.